The molecule has 0 fully saturated rings. The Morgan fingerprint density at radius 2 is 1.91 bits per heavy atom. The number of rotatable bonds is 4. The minimum Gasteiger partial charge on any atom is -0.341 e. The van der Waals surface area contributed by atoms with Crippen molar-refractivity contribution in [3.05, 3.63) is 42.5 Å². The molecule has 0 spiro atoms. The zero-order chi connectivity index (χ0) is 15.5. The van der Waals surface area contributed by atoms with E-state index >= 15 is 0 Å². The Hall–Kier alpha value is -2.20. The number of alkyl halides is 1. The molecule has 4 nitrogen and oxygen atoms in total. The minimum absolute atomic E-state index is 0.237. The smallest absolute Gasteiger partial charge is 0.319 e. The number of hydrogen-bond donors (Lipinski definition) is 2. The predicted octanol–water partition coefficient (Wildman–Crippen LogP) is 4.17. The van der Waals surface area contributed by atoms with Gasteiger partial charge in [0.1, 0.15) is 0 Å². The number of carbonyl (C=O) groups excluding carboxylic acids is 1. The number of urea groups is 1. The molecule has 2 amide bonds. The number of benzene rings is 2. The summed E-state index contributed by atoms with van der Waals surface area (Å²) in [6.07, 6.45) is 0. The van der Waals surface area contributed by atoms with Crippen LogP contribution in [0.4, 0.5) is 10.5 Å². The van der Waals surface area contributed by atoms with Gasteiger partial charge in [-0.3, -0.25) is 0 Å². The van der Waals surface area contributed by atoms with Gasteiger partial charge in [-0.25, -0.2) is 4.79 Å². The van der Waals surface area contributed by atoms with Crippen LogP contribution < -0.4 is 10.6 Å². The van der Waals surface area contributed by atoms with Crippen molar-refractivity contribution >= 4 is 45.1 Å². The number of nitrogens with zero attached hydrogens (tertiary/aromatic N) is 1. The standard InChI is InChI=1S/C17H18ClN3O/c1-2-21-15-6-4-3-5-13(15)14-11-12(7-8-16(14)21)20-17(22)19-10-9-18/h3-8,11H,2,9-10H2,1H3,(H2,19,20,22). The summed E-state index contributed by atoms with van der Waals surface area (Å²) in [5, 5.41) is 7.88. The first-order chi connectivity index (χ1) is 10.7. The highest BCUT2D eigenvalue weighted by molar-refractivity contribution is 6.18. The Balaban J connectivity index is 2.02. The Labute approximate surface area is 134 Å². The van der Waals surface area contributed by atoms with Gasteiger partial charge >= 0.3 is 6.03 Å². The summed E-state index contributed by atoms with van der Waals surface area (Å²) in [6, 6.07) is 14.1. The molecule has 5 heteroatoms. The van der Waals surface area contributed by atoms with Gasteiger partial charge in [-0.1, -0.05) is 18.2 Å². The molecule has 22 heavy (non-hydrogen) atoms. The van der Waals surface area contributed by atoms with Gasteiger partial charge in [0, 0.05) is 46.5 Å². The first-order valence-electron chi connectivity index (χ1n) is 7.36. The van der Waals surface area contributed by atoms with Gasteiger partial charge in [0.25, 0.3) is 0 Å². The van der Waals surface area contributed by atoms with E-state index in [9.17, 15) is 4.79 Å². The second kappa shape index (κ2) is 6.28. The van der Waals surface area contributed by atoms with Crippen LogP contribution in [0.25, 0.3) is 21.8 Å². The summed E-state index contributed by atoms with van der Waals surface area (Å²) < 4.78 is 2.28. The van der Waals surface area contributed by atoms with Crippen LogP contribution in [-0.2, 0) is 6.54 Å². The number of aryl methyl sites for hydroxylation is 1. The first-order valence-corrected chi connectivity index (χ1v) is 7.90. The Morgan fingerprint density at radius 3 is 2.68 bits per heavy atom. The predicted molar refractivity (Wildman–Crippen MR) is 92.9 cm³/mol. The molecule has 0 aliphatic heterocycles. The molecule has 0 unspecified atom stereocenters. The van der Waals surface area contributed by atoms with Crippen molar-refractivity contribution in [1.82, 2.24) is 9.88 Å². The normalized spacial score (nSPS) is 11.0. The Kier molecular flexibility index (Phi) is 4.20. The molecule has 3 aromatic rings. The van der Waals surface area contributed by atoms with Crippen molar-refractivity contribution in [1.29, 1.82) is 0 Å². The first kappa shape index (κ1) is 14.7. The number of halogens is 1. The van der Waals surface area contributed by atoms with Gasteiger partial charge in [-0.15, -0.1) is 11.6 Å². The molecule has 1 aromatic heterocycles. The van der Waals surface area contributed by atoms with Crippen LogP contribution in [0.2, 0.25) is 0 Å². The average molecular weight is 316 g/mol. The maximum Gasteiger partial charge on any atom is 0.319 e. The Morgan fingerprint density at radius 1 is 1.14 bits per heavy atom. The lowest BCUT2D eigenvalue weighted by Crippen LogP contribution is -2.30. The van der Waals surface area contributed by atoms with E-state index < -0.39 is 0 Å². The average Bonchev–Trinajstić information content (AvgIpc) is 2.86. The number of carbonyl (C=O) groups is 1. The van der Waals surface area contributed by atoms with Crippen LogP contribution in [0.3, 0.4) is 0 Å². The molecular weight excluding hydrogens is 298 g/mol. The molecule has 0 aliphatic carbocycles. The maximum absolute atomic E-state index is 11.7. The summed E-state index contributed by atoms with van der Waals surface area (Å²) >= 11 is 5.57. The number of amides is 2. The largest absolute Gasteiger partial charge is 0.341 e. The highest BCUT2D eigenvalue weighted by Gasteiger charge is 2.10. The van der Waals surface area contributed by atoms with E-state index in [-0.39, 0.29) is 6.03 Å². The highest BCUT2D eigenvalue weighted by Crippen LogP contribution is 2.30. The van der Waals surface area contributed by atoms with Crippen molar-refractivity contribution in [3.63, 3.8) is 0 Å². The number of nitrogens with one attached hydrogen (secondary N) is 2. The van der Waals surface area contributed by atoms with Gasteiger partial charge in [-0.2, -0.15) is 0 Å². The molecule has 1 heterocycles. The second-order valence-electron chi connectivity index (χ2n) is 5.06. The molecule has 2 N–H and O–H groups in total. The summed E-state index contributed by atoms with van der Waals surface area (Å²) in [7, 11) is 0. The van der Waals surface area contributed by atoms with E-state index in [2.05, 4.69) is 40.3 Å². The molecule has 0 saturated heterocycles. The fourth-order valence-electron chi connectivity index (χ4n) is 2.81. The van der Waals surface area contributed by atoms with Crippen LogP contribution >= 0.6 is 11.6 Å². The third-order valence-electron chi connectivity index (χ3n) is 3.73. The fourth-order valence-corrected chi connectivity index (χ4v) is 2.90. The van der Waals surface area contributed by atoms with Crippen LogP contribution in [0, 0.1) is 0 Å². The molecular formula is C17H18ClN3O. The zero-order valence-corrected chi connectivity index (χ0v) is 13.2. The second-order valence-corrected chi connectivity index (χ2v) is 5.44. The van der Waals surface area contributed by atoms with Crippen molar-refractivity contribution < 1.29 is 4.79 Å². The number of para-hydroxylation sites is 1. The van der Waals surface area contributed by atoms with Crippen molar-refractivity contribution in [2.24, 2.45) is 0 Å². The number of fused-ring (bicyclic) bond motifs is 3. The molecule has 3 rings (SSSR count). The summed E-state index contributed by atoms with van der Waals surface area (Å²) in [4.78, 5) is 11.7. The Bertz CT molecular complexity index is 825. The number of hydrogen-bond acceptors (Lipinski definition) is 1. The van der Waals surface area contributed by atoms with E-state index in [0.29, 0.717) is 12.4 Å². The minimum atomic E-state index is -0.237. The highest BCUT2D eigenvalue weighted by atomic mass is 35.5. The fraction of sp³-hybridized carbons (Fsp3) is 0.235. The lowest BCUT2D eigenvalue weighted by molar-refractivity contribution is 0.252. The van der Waals surface area contributed by atoms with Gasteiger partial charge < -0.3 is 15.2 Å². The molecule has 0 bridgehead atoms. The van der Waals surface area contributed by atoms with Crippen LogP contribution in [0.5, 0.6) is 0 Å². The summed E-state index contributed by atoms with van der Waals surface area (Å²) in [6.45, 7) is 3.50. The summed E-state index contributed by atoms with van der Waals surface area (Å²) in [5.74, 6) is 0.399. The van der Waals surface area contributed by atoms with Crippen molar-refractivity contribution in [2.45, 2.75) is 13.5 Å². The molecule has 0 radical (unpaired) electrons. The number of aromatic nitrogens is 1. The third kappa shape index (κ3) is 2.62. The van der Waals surface area contributed by atoms with Gasteiger partial charge in [0.2, 0.25) is 0 Å². The van der Waals surface area contributed by atoms with E-state index in [1.54, 1.807) is 0 Å². The molecule has 2 aromatic carbocycles. The van der Waals surface area contributed by atoms with Crippen molar-refractivity contribution in [3.8, 4) is 0 Å². The van der Waals surface area contributed by atoms with E-state index in [1.165, 1.54) is 16.4 Å². The third-order valence-corrected chi connectivity index (χ3v) is 3.92. The quantitative estimate of drug-likeness (QED) is 0.697. The monoisotopic (exact) mass is 315 g/mol. The topological polar surface area (TPSA) is 46.1 Å². The molecule has 114 valence electrons. The zero-order valence-electron chi connectivity index (χ0n) is 12.4. The van der Waals surface area contributed by atoms with E-state index in [4.69, 9.17) is 11.6 Å². The van der Waals surface area contributed by atoms with Crippen molar-refractivity contribution in [2.75, 3.05) is 17.7 Å². The lowest BCUT2D eigenvalue weighted by atomic mass is 10.1. The molecule has 0 atom stereocenters. The van der Waals surface area contributed by atoms with E-state index in [0.717, 1.165) is 17.6 Å². The maximum atomic E-state index is 11.7. The SMILES string of the molecule is CCn1c2ccccc2c2cc(NC(=O)NCCCl)ccc21. The lowest BCUT2D eigenvalue weighted by Gasteiger charge is -2.07. The summed E-state index contributed by atoms with van der Waals surface area (Å²) in [5.41, 5.74) is 3.16. The molecule has 0 saturated carbocycles. The van der Waals surface area contributed by atoms with Crippen LogP contribution in [0.15, 0.2) is 42.5 Å². The van der Waals surface area contributed by atoms with Gasteiger partial charge in [0.15, 0.2) is 0 Å². The van der Waals surface area contributed by atoms with Gasteiger partial charge in [0.05, 0.1) is 0 Å². The van der Waals surface area contributed by atoms with E-state index in [1.807, 2.05) is 24.3 Å². The van der Waals surface area contributed by atoms with Crippen LogP contribution in [-0.4, -0.2) is 23.0 Å². The van der Waals surface area contributed by atoms with Crippen LogP contribution in [0.1, 0.15) is 6.92 Å². The number of anilines is 1. The van der Waals surface area contributed by atoms with Gasteiger partial charge in [-0.05, 0) is 31.2 Å². The molecule has 0 aliphatic rings.